The van der Waals surface area contributed by atoms with Crippen molar-refractivity contribution < 1.29 is 53.7 Å². The molecule has 0 saturated carbocycles. The van der Waals surface area contributed by atoms with Crippen LogP contribution in [-0.2, 0) is 38.4 Å². The first-order chi connectivity index (χ1) is 22.9. The van der Waals surface area contributed by atoms with E-state index in [9.17, 15) is 43.5 Å². The molecule has 0 aromatic rings. The number of hydrogen-bond acceptors (Lipinski definition) is 12. The summed E-state index contributed by atoms with van der Waals surface area (Å²) in [5, 5.41) is 41.9. The van der Waals surface area contributed by atoms with E-state index in [2.05, 4.69) is 31.9 Å². The molecule has 0 rings (SSSR count). The van der Waals surface area contributed by atoms with Crippen molar-refractivity contribution in [1.29, 1.82) is 0 Å². The van der Waals surface area contributed by atoms with Crippen LogP contribution < -0.4 is 43.4 Å². The molecule has 0 aliphatic carbocycles. The first kappa shape index (κ1) is 45.0. The smallest absolute Gasteiger partial charge is 0.328 e. The fourth-order valence-corrected chi connectivity index (χ4v) is 4.64. The number of aliphatic hydroxyl groups is 2. The van der Waals surface area contributed by atoms with Crippen molar-refractivity contribution >= 4 is 59.1 Å². The predicted molar refractivity (Wildman–Crippen MR) is 178 cm³/mol. The number of nitrogens with two attached hydrogens (primary N) is 2. The Labute approximate surface area is 289 Å². The predicted octanol–water partition coefficient (Wildman–Crippen LogP) is -4.36. The number of primary amides is 1. The number of rotatable bonds is 24. The zero-order valence-electron chi connectivity index (χ0n) is 28.4. The number of carboxylic acid groups (broad SMARTS) is 1. The Hall–Kier alpha value is -4.01. The molecule has 0 unspecified atom stereocenters. The fourth-order valence-electron chi connectivity index (χ4n) is 4.17. The van der Waals surface area contributed by atoms with Crippen LogP contribution in [-0.4, -0.2) is 131 Å². The van der Waals surface area contributed by atoms with Gasteiger partial charge in [0.1, 0.15) is 36.3 Å². The van der Waals surface area contributed by atoms with Crippen molar-refractivity contribution in [2.75, 3.05) is 31.8 Å². The van der Waals surface area contributed by atoms with E-state index in [-0.39, 0.29) is 31.6 Å². The zero-order valence-corrected chi connectivity index (χ0v) is 29.3. The minimum absolute atomic E-state index is 0.113. The van der Waals surface area contributed by atoms with Crippen LogP contribution in [0.2, 0.25) is 0 Å². The standard InChI is InChI=1S/C29H52N8O11S/c1-14(2)10-19(35-26(44)17(6-7-21(31)40)34-24(42)16(30)12-38)25(43)32-11-22(41)33-18(8-9-49-5)27(45)37-23(15(3)4)28(46)36-20(13-39)29(47)48/h14-20,23,38-39H,6-13,30H2,1-5H3,(H2,31,40)(H,32,43)(H,33,41)(H,34,42)(H,35,44)(H,36,46)(H,37,45)(H,47,48)/t16-,17-,18-,19-,20-,23-/m0/s1. The summed E-state index contributed by atoms with van der Waals surface area (Å²) in [6.07, 6.45) is 1.52. The minimum atomic E-state index is -1.59. The molecule has 280 valence electrons. The van der Waals surface area contributed by atoms with Gasteiger partial charge in [-0.3, -0.25) is 33.6 Å². The summed E-state index contributed by atoms with van der Waals surface area (Å²) in [6, 6.07) is -7.79. The van der Waals surface area contributed by atoms with Crippen molar-refractivity contribution in [1.82, 2.24) is 31.9 Å². The Bertz CT molecular complexity index is 1160. The molecule has 0 spiro atoms. The molecule has 20 heteroatoms. The lowest BCUT2D eigenvalue weighted by molar-refractivity contribution is -0.143. The number of carboxylic acids is 1. The summed E-state index contributed by atoms with van der Waals surface area (Å²) in [7, 11) is 0. The Morgan fingerprint density at radius 1 is 0.694 bits per heavy atom. The molecule has 6 atom stereocenters. The van der Waals surface area contributed by atoms with Gasteiger partial charge < -0.3 is 58.7 Å². The molecular formula is C29H52N8O11S. The maximum absolute atomic E-state index is 13.2. The molecule has 19 nitrogen and oxygen atoms in total. The second kappa shape index (κ2) is 23.4. The topological polar surface area (TPSA) is 321 Å². The Kier molecular flexibility index (Phi) is 21.5. The highest BCUT2D eigenvalue weighted by Crippen LogP contribution is 2.09. The van der Waals surface area contributed by atoms with Gasteiger partial charge in [0, 0.05) is 6.42 Å². The van der Waals surface area contributed by atoms with Gasteiger partial charge in [0.25, 0.3) is 0 Å². The Morgan fingerprint density at radius 2 is 1.24 bits per heavy atom. The average molecular weight is 721 g/mol. The van der Waals surface area contributed by atoms with Crippen LogP contribution in [0.4, 0.5) is 0 Å². The first-order valence-corrected chi connectivity index (χ1v) is 17.0. The molecule has 0 aliphatic rings. The summed E-state index contributed by atoms with van der Waals surface area (Å²) in [5.41, 5.74) is 10.7. The SMILES string of the molecule is CSCC[C@H](NC(=O)CNC(=O)[C@H](CC(C)C)NC(=O)[C@H](CCC(N)=O)NC(=O)[C@@H](N)CO)C(=O)N[C@H](C(=O)N[C@@H](CO)C(=O)O)C(C)C. The maximum Gasteiger partial charge on any atom is 0.328 e. The first-order valence-electron chi connectivity index (χ1n) is 15.6. The normalized spacial score (nSPS) is 14.7. The lowest BCUT2D eigenvalue weighted by atomic mass is 10.0. The van der Waals surface area contributed by atoms with Crippen molar-refractivity contribution in [2.24, 2.45) is 23.3 Å². The number of aliphatic carboxylic acids is 1. The zero-order chi connectivity index (χ0) is 37.8. The molecule has 0 bridgehead atoms. The number of thioether (sulfide) groups is 1. The summed E-state index contributed by atoms with van der Waals surface area (Å²) in [5.74, 6) is -7.25. The number of nitrogens with one attached hydrogen (secondary N) is 6. The number of carbonyl (C=O) groups excluding carboxylic acids is 7. The van der Waals surface area contributed by atoms with Gasteiger partial charge in [-0.05, 0) is 43.1 Å². The highest BCUT2D eigenvalue weighted by molar-refractivity contribution is 7.98. The van der Waals surface area contributed by atoms with Gasteiger partial charge >= 0.3 is 5.97 Å². The molecule has 0 aromatic heterocycles. The second-order valence-electron chi connectivity index (χ2n) is 12.0. The summed E-state index contributed by atoms with van der Waals surface area (Å²) >= 11 is 1.38. The number of hydrogen-bond donors (Lipinski definition) is 11. The molecule has 0 aliphatic heterocycles. The van der Waals surface area contributed by atoms with E-state index in [0.717, 1.165) is 0 Å². The van der Waals surface area contributed by atoms with E-state index in [1.807, 2.05) is 0 Å². The van der Waals surface area contributed by atoms with Gasteiger partial charge in [-0.15, -0.1) is 0 Å². The molecule has 0 aromatic carbocycles. The van der Waals surface area contributed by atoms with E-state index in [4.69, 9.17) is 21.7 Å². The number of carbonyl (C=O) groups is 8. The van der Waals surface area contributed by atoms with E-state index < -0.39 is 109 Å². The average Bonchev–Trinajstić information content (AvgIpc) is 3.03. The van der Waals surface area contributed by atoms with Gasteiger partial charge in [-0.1, -0.05) is 27.7 Å². The minimum Gasteiger partial charge on any atom is -0.480 e. The van der Waals surface area contributed by atoms with E-state index in [1.54, 1.807) is 34.0 Å². The fraction of sp³-hybridized carbons (Fsp3) is 0.724. The third kappa shape index (κ3) is 17.8. The van der Waals surface area contributed by atoms with E-state index in [0.29, 0.717) is 5.75 Å². The molecule has 0 fully saturated rings. The largest absolute Gasteiger partial charge is 0.480 e. The molecule has 0 heterocycles. The molecule has 49 heavy (non-hydrogen) atoms. The van der Waals surface area contributed by atoms with Crippen LogP contribution in [0.3, 0.4) is 0 Å². The summed E-state index contributed by atoms with van der Waals surface area (Å²) in [6.45, 7) is 4.58. The van der Waals surface area contributed by atoms with Crippen molar-refractivity contribution in [3.8, 4) is 0 Å². The van der Waals surface area contributed by atoms with Crippen LogP contribution in [0.5, 0.6) is 0 Å². The lowest BCUT2D eigenvalue weighted by Crippen LogP contribution is -2.59. The van der Waals surface area contributed by atoms with Gasteiger partial charge in [-0.2, -0.15) is 11.8 Å². The third-order valence-corrected chi connectivity index (χ3v) is 7.56. The highest BCUT2D eigenvalue weighted by atomic mass is 32.2. The molecule has 13 N–H and O–H groups in total. The van der Waals surface area contributed by atoms with Gasteiger partial charge in [0.15, 0.2) is 0 Å². The number of aliphatic hydroxyl groups excluding tert-OH is 2. The second-order valence-corrected chi connectivity index (χ2v) is 13.0. The Morgan fingerprint density at radius 3 is 1.73 bits per heavy atom. The van der Waals surface area contributed by atoms with Crippen molar-refractivity contribution in [3.63, 3.8) is 0 Å². The summed E-state index contributed by atoms with van der Waals surface area (Å²) in [4.78, 5) is 99.8. The quantitative estimate of drug-likeness (QED) is 0.0450. The lowest BCUT2D eigenvalue weighted by Gasteiger charge is -2.26. The summed E-state index contributed by atoms with van der Waals surface area (Å²) < 4.78 is 0. The van der Waals surface area contributed by atoms with Crippen molar-refractivity contribution in [3.05, 3.63) is 0 Å². The van der Waals surface area contributed by atoms with Gasteiger partial charge in [-0.25, -0.2) is 4.79 Å². The molecular weight excluding hydrogens is 668 g/mol. The molecule has 0 radical (unpaired) electrons. The molecule has 7 amide bonds. The Balaban J connectivity index is 5.68. The monoisotopic (exact) mass is 720 g/mol. The van der Waals surface area contributed by atoms with Gasteiger partial charge in [0.2, 0.25) is 41.4 Å². The van der Waals surface area contributed by atoms with Crippen LogP contribution in [0.25, 0.3) is 0 Å². The van der Waals surface area contributed by atoms with Crippen LogP contribution in [0.15, 0.2) is 0 Å². The van der Waals surface area contributed by atoms with Crippen LogP contribution >= 0.6 is 11.8 Å². The van der Waals surface area contributed by atoms with Crippen molar-refractivity contribution in [2.45, 2.75) is 89.6 Å². The maximum atomic E-state index is 13.2. The van der Waals surface area contributed by atoms with Crippen LogP contribution in [0, 0.1) is 11.8 Å². The third-order valence-electron chi connectivity index (χ3n) is 6.92. The highest BCUT2D eigenvalue weighted by Gasteiger charge is 2.32. The van der Waals surface area contributed by atoms with E-state index >= 15 is 0 Å². The number of amides is 7. The van der Waals surface area contributed by atoms with Crippen LogP contribution in [0.1, 0.15) is 53.4 Å². The van der Waals surface area contributed by atoms with Gasteiger partial charge in [0.05, 0.1) is 19.8 Å². The van der Waals surface area contributed by atoms with E-state index in [1.165, 1.54) is 11.8 Å². The molecule has 0 saturated heterocycles.